The summed E-state index contributed by atoms with van der Waals surface area (Å²) in [4.78, 5) is 12.0. The monoisotopic (exact) mass is 312 g/mol. The van der Waals surface area contributed by atoms with Crippen molar-refractivity contribution in [1.82, 2.24) is 5.32 Å². The summed E-state index contributed by atoms with van der Waals surface area (Å²) in [6.07, 6.45) is 0.152. The Kier molecular flexibility index (Phi) is 6.03. The Morgan fingerprint density at radius 1 is 1.00 bits per heavy atom. The minimum absolute atomic E-state index is 0.00711. The van der Waals surface area contributed by atoms with Gasteiger partial charge in [-0.05, 0) is 50.6 Å². The average molecular weight is 312 g/mol. The molecule has 1 atom stereocenters. The van der Waals surface area contributed by atoms with Crippen LogP contribution in [0.25, 0.3) is 0 Å². The molecule has 2 aromatic rings. The first-order valence-corrected chi connectivity index (χ1v) is 7.89. The molecule has 0 aromatic heterocycles. The summed E-state index contributed by atoms with van der Waals surface area (Å²) >= 11 is 0. The highest BCUT2D eigenvalue weighted by Crippen LogP contribution is 2.17. The van der Waals surface area contributed by atoms with Gasteiger partial charge in [0.25, 0.3) is 0 Å². The van der Waals surface area contributed by atoms with Crippen LogP contribution in [0, 0.1) is 0 Å². The van der Waals surface area contributed by atoms with Gasteiger partial charge in [0.2, 0.25) is 5.91 Å². The summed E-state index contributed by atoms with van der Waals surface area (Å²) in [6.45, 7) is 6.20. The fourth-order valence-electron chi connectivity index (χ4n) is 2.22. The lowest BCUT2D eigenvalue weighted by atomic mass is 10.1. The third kappa shape index (κ3) is 5.66. The second-order valence-electron chi connectivity index (χ2n) is 5.74. The van der Waals surface area contributed by atoms with Gasteiger partial charge in [0, 0.05) is 5.69 Å². The number of hydrogen-bond acceptors (Lipinski definition) is 3. The van der Waals surface area contributed by atoms with Crippen LogP contribution >= 0.6 is 0 Å². The number of anilines is 1. The molecule has 0 aliphatic rings. The molecule has 2 N–H and O–H groups in total. The van der Waals surface area contributed by atoms with Gasteiger partial charge < -0.3 is 15.4 Å². The number of carbonyl (C=O) groups excluding carboxylic acids is 1. The molecule has 1 amide bonds. The Morgan fingerprint density at radius 3 is 2.26 bits per heavy atom. The molecule has 2 aromatic carbocycles. The first-order chi connectivity index (χ1) is 11.0. The Balaban J connectivity index is 1.80. The van der Waals surface area contributed by atoms with E-state index >= 15 is 0 Å². The Labute approximate surface area is 137 Å². The van der Waals surface area contributed by atoms with Gasteiger partial charge in [0.05, 0.1) is 18.7 Å². The Bertz CT molecular complexity index is 609. The fraction of sp³-hybridized carbons (Fsp3) is 0.316. The van der Waals surface area contributed by atoms with E-state index in [2.05, 4.69) is 10.6 Å². The molecule has 1 unspecified atom stereocenters. The van der Waals surface area contributed by atoms with Crippen molar-refractivity contribution in [2.75, 3.05) is 11.9 Å². The summed E-state index contributed by atoms with van der Waals surface area (Å²) in [7, 11) is 0. The highest BCUT2D eigenvalue weighted by molar-refractivity contribution is 5.81. The van der Waals surface area contributed by atoms with Gasteiger partial charge in [-0.2, -0.15) is 0 Å². The summed E-state index contributed by atoms with van der Waals surface area (Å²) in [5.41, 5.74) is 1.99. The lowest BCUT2D eigenvalue weighted by Gasteiger charge is -2.15. The zero-order valence-electron chi connectivity index (χ0n) is 13.9. The molecule has 4 nitrogen and oxygen atoms in total. The van der Waals surface area contributed by atoms with Gasteiger partial charge in [-0.25, -0.2) is 0 Å². The number of hydrogen-bond donors (Lipinski definition) is 2. The number of nitrogens with one attached hydrogen (secondary N) is 2. The summed E-state index contributed by atoms with van der Waals surface area (Å²) in [5.74, 6) is 0.788. The highest BCUT2D eigenvalue weighted by Gasteiger charge is 2.08. The van der Waals surface area contributed by atoms with Crippen molar-refractivity contribution in [3.8, 4) is 5.75 Å². The van der Waals surface area contributed by atoms with E-state index in [0.717, 1.165) is 17.0 Å². The molecule has 0 aliphatic heterocycles. The zero-order valence-corrected chi connectivity index (χ0v) is 13.9. The maximum atomic E-state index is 12.0. The van der Waals surface area contributed by atoms with E-state index < -0.39 is 0 Å². The molecule has 23 heavy (non-hydrogen) atoms. The molecule has 122 valence electrons. The average Bonchev–Trinajstić information content (AvgIpc) is 2.54. The van der Waals surface area contributed by atoms with E-state index in [9.17, 15) is 4.79 Å². The van der Waals surface area contributed by atoms with Crippen LogP contribution in [0.2, 0.25) is 0 Å². The van der Waals surface area contributed by atoms with E-state index in [1.165, 1.54) is 0 Å². The van der Waals surface area contributed by atoms with Crippen molar-refractivity contribution in [1.29, 1.82) is 0 Å². The molecule has 0 saturated carbocycles. The second kappa shape index (κ2) is 8.22. The molecule has 0 heterocycles. The molecule has 0 spiro atoms. The van der Waals surface area contributed by atoms with Crippen LogP contribution in [-0.2, 0) is 4.79 Å². The lowest BCUT2D eigenvalue weighted by Crippen LogP contribution is -2.32. The van der Waals surface area contributed by atoms with E-state index in [4.69, 9.17) is 4.74 Å². The highest BCUT2D eigenvalue weighted by atomic mass is 16.5. The molecule has 0 bridgehead atoms. The molecule has 4 heteroatoms. The Hall–Kier alpha value is -2.49. The van der Waals surface area contributed by atoms with Crippen molar-refractivity contribution < 1.29 is 9.53 Å². The van der Waals surface area contributed by atoms with E-state index in [-0.39, 0.29) is 24.6 Å². The summed E-state index contributed by atoms with van der Waals surface area (Å²) in [6, 6.07) is 17.5. The maximum Gasteiger partial charge on any atom is 0.239 e. The van der Waals surface area contributed by atoms with Gasteiger partial charge in [0.1, 0.15) is 5.75 Å². The molecular weight excluding hydrogens is 288 g/mol. The topological polar surface area (TPSA) is 50.4 Å². The first-order valence-electron chi connectivity index (χ1n) is 7.89. The maximum absolute atomic E-state index is 12.0. The molecular formula is C19H24N2O2. The van der Waals surface area contributed by atoms with E-state index in [1.807, 2.05) is 75.4 Å². The number of rotatable bonds is 7. The standard InChI is InChI=1S/C19H24N2O2/c1-14(2)23-18-11-9-17(10-12-18)20-13-19(22)21-15(3)16-7-5-4-6-8-16/h4-12,14-15,20H,13H2,1-3H3,(H,21,22). The van der Waals surface area contributed by atoms with Crippen LogP contribution in [0.3, 0.4) is 0 Å². The van der Waals surface area contributed by atoms with Crippen molar-refractivity contribution in [3.05, 3.63) is 60.2 Å². The number of ether oxygens (including phenoxy) is 1. The number of amides is 1. The largest absolute Gasteiger partial charge is 0.491 e. The molecule has 0 aliphatic carbocycles. The van der Waals surface area contributed by atoms with Crippen LogP contribution in [0.5, 0.6) is 5.75 Å². The van der Waals surface area contributed by atoms with Crippen molar-refractivity contribution in [2.45, 2.75) is 32.9 Å². The van der Waals surface area contributed by atoms with Crippen LogP contribution in [0.15, 0.2) is 54.6 Å². The number of benzene rings is 2. The molecule has 2 rings (SSSR count). The van der Waals surface area contributed by atoms with Gasteiger partial charge in [-0.1, -0.05) is 30.3 Å². The molecule has 0 radical (unpaired) electrons. The van der Waals surface area contributed by atoms with Crippen LogP contribution < -0.4 is 15.4 Å². The van der Waals surface area contributed by atoms with Gasteiger partial charge in [-0.3, -0.25) is 4.79 Å². The zero-order chi connectivity index (χ0) is 16.7. The molecule has 0 saturated heterocycles. The third-order valence-corrected chi connectivity index (χ3v) is 3.36. The smallest absolute Gasteiger partial charge is 0.239 e. The third-order valence-electron chi connectivity index (χ3n) is 3.36. The Morgan fingerprint density at radius 2 is 1.65 bits per heavy atom. The second-order valence-corrected chi connectivity index (χ2v) is 5.74. The molecule has 0 fully saturated rings. The minimum Gasteiger partial charge on any atom is -0.491 e. The summed E-state index contributed by atoms with van der Waals surface area (Å²) in [5, 5.41) is 6.09. The number of carbonyl (C=O) groups is 1. The van der Waals surface area contributed by atoms with Crippen LogP contribution in [-0.4, -0.2) is 18.6 Å². The van der Waals surface area contributed by atoms with Gasteiger partial charge in [0.15, 0.2) is 0 Å². The van der Waals surface area contributed by atoms with E-state index in [0.29, 0.717) is 0 Å². The SMILES string of the molecule is CC(C)Oc1ccc(NCC(=O)NC(C)c2ccccc2)cc1. The van der Waals surface area contributed by atoms with Crippen LogP contribution in [0.1, 0.15) is 32.4 Å². The van der Waals surface area contributed by atoms with Crippen molar-refractivity contribution >= 4 is 11.6 Å². The van der Waals surface area contributed by atoms with E-state index in [1.54, 1.807) is 0 Å². The van der Waals surface area contributed by atoms with Crippen LogP contribution in [0.4, 0.5) is 5.69 Å². The quantitative estimate of drug-likeness (QED) is 0.818. The first kappa shape index (κ1) is 16.9. The van der Waals surface area contributed by atoms with Crippen molar-refractivity contribution in [3.63, 3.8) is 0 Å². The predicted molar refractivity (Wildman–Crippen MR) is 93.7 cm³/mol. The summed E-state index contributed by atoms with van der Waals surface area (Å²) < 4.78 is 5.59. The van der Waals surface area contributed by atoms with Gasteiger partial charge >= 0.3 is 0 Å². The minimum atomic E-state index is -0.0381. The van der Waals surface area contributed by atoms with Crippen molar-refractivity contribution in [2.24, 2.45) is 0 Å². The lowest BCUT2D eigenvalue weighted by molar-refractivity contribution is -0.120. The van der Waals surface area contributed by atoms with Gasteiger partial charge in [-0.15, -0.1) is 0 Å². The predicted octanol–water partition coefficient (Wildman–Crippen LogP) is 3.76. The normalized spacial score (nSPS) is 11.8. The fourth-order valence-corrected chi connectivity index (χ4v) is 2.22.